The molecule has 112 valence electrons. The summed E-state index contributed by atoms with van der Waals surface area (Å²) >= 11 is 3.55. The van der Waals surface area contributed by atoms with Crippen molar-refractivity contribution >= 4 is 21.6 Å². The van der Waals surface area contributed by atoms with Gasteiger partial charge in [0.15, 0.2) is 0 Å². The van der Waals surface area contributed by atoms with Gasteiger partial charge in [0.05, 0.1) is 12.8 Å². The Bertz CT molecular complexity index is 600. The van der Waals surface area contributed by atoms with Gasteiger partial charge in [0.25, 0.3) is 0 Å². The summed E-state index contributed by atoms with van der Waals surface area (Å²) in [5.74, 6) is 0.851. The van der Waals surface area contributed by atoms with Gasteiger partial charge in [-0.1, -0.05) is 45.0 Å². The number of anilines is 1. The molecule has 0 bridgehead atoms. The van der Waals surface area contributed by atoms with Crippen LogP contribution in [0.4, 0.5) is 5.69 Å². The Morgan fingerprint density at radius 1 is 1.05 bits per heavy atom. The quantitative estimate of drug-likeness (QED) is 0.802. The van der Waals surface area contributed by atoms with E-state index in [4.69, 9.17) is 4.74 Å². The molecule has 21 heavy (non-hydrogen) atoms. The topological polar surface area (TPSA) is 21.3 Å². The van der Waals surface area contributed by atoms with Crippen LogP contribution in [-0.4, -0.2) is 7.11 Å². The number of benzene rings is 2. The molecule has 0 radical (unpaired) electrons. The zero-order valence-corrected chi connectivity index (χ0v) is 14.6. The first-order valence-electron chi connectivity index (χ1n) is 7.07. The highest BCUT2D eigenvalue weighted by Crippen LogP contribution is 2.28. The summed E-state index contributed by atoms with van der Waals surface area (Å²) in [4.78, 5) is 0. The molecule has 3 heteroatoms. The van der Waals surface area contributed by atoms with Crippen LogP contribution in [0, 0.1) is 0 Å². The highest BCUT2D eigenvalue weighted by atomic mass is 79.9. The molecule has 0 aliphatic rings. The fraction of sp³-hybridized carbons (Fsp3) is 0.333. The third-order valence-corrected chi connectivity index (χ3v) is 4.17. The highest BCUT2D eigenvalue weighted by molar-refractivity contribution is 9.10. The largest absolute Gasteiger partial charge is 0.497 e. The van der Waals surface area contributed by atoms with E-state index >= 15 is 0 Å². The summed E-state index contributed by atoms with van der Waals surface area (Å²) in [6, 6.07) is 14.7. The number of rotatable bonds is 4. The van der Waals surface area contributed by atoms with Crippen LogP contribution in [-0.2, 0) is 12.0 Å². The van der Waals surface area contributed by atoms with Crippen LogP contribution >= 0.6 is 15.9 Å². The van der Waals surface area contributed by atoms with Crippen LogP contribution < -0.4 is 10.1 Å². The van der Waals surface area contributed by atoms with Crippen molar-refractivity contribution in [2.75, 3.05) is 12.4 Å². The van der Waals surface area contributed by atoms with E-state index in [1.54, 1.807) is 7.11 Å². The number of halogens is 1. The second kappa shape index (κ2) is 6.52. The van der Waals surface area contributed by atoms with Crippen LogP contribution in [0.25, 0.3) is 0 Å². The number of hydrogen-bond acceptors (Lipinski definition) is 2. The molecular weight excluding hydrogens is 326 g/mol. The van der Waals surface area contributed by atoms with Crippen molar-refractivity contribution in [1.82, 2.24) is 0 Å². The van der Waals surface area contributed by atoms with Crippen LogP contribution in [0.15, 0.2) is 46.9 Å². The maximum absolute atomic E-state index is 5.25. The lowest BCUT2D eigenvalue weighted by atomic mass is 9.87. The van der Waals surface area contributed by atoms with Crippen LogP contribution in [0.2, 0.25) is 0 Å². The van der Waals surface area contributed by atoms with Gasteiger partial charge < -0.3 is 10.1 Å². The molecule has 1 N–H and O–H groups in total. The lowest BCUT2D eigenvalue weighted by molar-refractivity contribution is 0.415. The van der Waals surface area contributed by atoms with Crippen molar-refractivity contribution in [1.29, 1.82) is 0 Å². The van der Waals surface area contributed by atoms with Crippen molar-refractivity contribution in [2.24, 2.45) is 0 Å². The third kappa shape index (κ3) is 4.24. The molecule has 2 aromatic rings. The van der Waals surface area contributed by atoms with Crippen LogP contribution in [0.1, 0.15) is 31.9 Å². The van der Waals surface area contributed by atoms with E-state index in [1.807, 2.05) is 18.2 Å². The molecule has 2 aromatic carbocycles. The second-order valence-electron chi connectivity index (χ2n) is 6.15. The Hall–Kier alpha value is -1.48. The molecule has 2 nitrogen and oxygen atoms in total. The van der Waals surface area contributed by atoms with Gasteiger partial charge >= 0.3 is 0 Å². The van der Waals surface area contributed by atoms with E-state index < -0.39 is 0 Å². The van der Waals surface area contributed by atoms with Gasteiger partial charge in [0, 0.05) is 17.1 Å². The lowest BCUT2D eigenvalue weighted by Crippen LogP contribution is -2.11. The first-order chi connectivity index (χ1) is 9.90. The zero-order chi connectivity index (χ0) is 15.5. The summed E-state index contributed by atoms with van der Waals surface area (Å²) in [6.45, 7) is 7.48. The second-order valence-corrected chi connectivity index (χ2v) is 7.00. The molecular formula is C18H22BrNO. The maximum Gasteiger partial charge on any atom is 0.121 e. The Morgan fingerprint density at radius 3 is 2.29 bits per heavy atom. The molecule has 0 heterocycles. The lowest BCUT2D eigenvalue weighted by Gasteiger charge is -2.19. The Kier molecular flexibility index (Phi) is 4.94. The molecule has 0 atom stereocenters. The SMILES string of the molecule is COc1ccc(Br)c(NCc2ccc(C(C)(C)C)cc2)c1. The maximum atomic E-state index is 5.25. The average Bonchev–Trinajstić information content (AvgIpc) is 2.46. The fourth-order valence-corrected chi connectivity index (χ4v) is 2.47. The summed E-state index contributed by atoms with van der Waals surface area (Å²) in [6.07, 6.45) is 0. The highest BCUT2D eigenvalue weighted by Gasteiger charge is 2.12. The Labute approximate surface area is 135 Å². The van der Waals surface area contributed by atoms with E-state index in [2.05, 4.69) is 66.3 Å². The van der Waals surface area contributed by atoms with E-state index in [0.717, 1.165) is 22.5 Å². The molecule has 0 unspecified atom stereocenters. The average molecular weight is 348 g/mol. The zero-order valence-electron chi connectivity index (χ0n) is 13.0. The van der Waals surface area contributed by atoms with Gasteiger partial charge in [-0.2, -0.15) is 0 Å². The first kappa shape index (κ1) is 15.9. The minimum atomic E-state index is 0.196. The summed E-state index contributed by atoms with van der Waals surface area (Å²) in [5.41, 5.74) is 3.85. The predicted molar refractivity (Wildman–Crippen MR) is 93.2 cm³/mol. The number of hydrogen-bond donors (Lipinski definition) is 1. The van der Waals surface area contributed by atoms with Gasteiger partial charge in [0.1, 0.15) is 5.75 Å². The van der Waals surface area contributed by atoms with Gasteiger partial charge in [-0.05, 0) is 44.6 Å². The predicted octanol–water partition coefficient (Wildman–Crippen LogP) is 5.37. The minimum absolute atomic E-state index is 0.196. The molecule has 0 saturated heterocycles. The molecule has 0 spiro atoms. The molecule has 0 amide bonds. The van der Waals surface area contributed by atoms with Crippen molar-refractivity contribution < 1.29 is 4.74 Å². The van der Waals surface area contributed by atoms with Crippen molar-refractivity contribution in [3.63, 3.8) is 0 Å². The van der Waals surface area contributed by atoms with E-state index in [1.165, 1.54) is 11.1 Å². The van der Waals surface area contributed by atoms with E-state index in [9.17, 15) is 0 Å². The van der Waals surface area contributed by atoms with Crippen molar-refractivity contribution in [3.8, 4) is 5.75 Å². The Balaban J connectivity index is 2.06. The molecule has 0 aromatic heterocycles. The summed E-state index contributed by atoms with van der Waals surface area (Å²) in [5, 5.41) is 3.44. The van der Waals surface area contributed by atoms with Crippen LogP contribution in [0.3, 0.4) is 0 Å². The number of nitrogens with one attached hydrogen (secondary N) is 1. The normalized spacial score (nSPS) is 11.3. The molecule has 0 aliphatic carbocycles. The first-order valence-corrected chi connectivity index (χ1v) is 7.86. The summed E-state index contributed by atoms with van der Waals surface area (Å²) < 4.78 is 6.29. The van der Waals surface area contributed by atoms with Gasteiger partial charge in [0.2, 0.25) is 0 Å². The molecule has 0 aliphatic heterocycles. The third-order valence-electron chi connectivity index (χ3n) is 3.48. The molecule has 0 saturated carbocycles. The van der Waals surface area contributed by atoms with E-state index in [0.29, 0.717) is 0 Å². The van der Waals surface area contributed by atoms with Crippen molar-refractivity contribution in [2.45, 2.75) is 32.7 Å². The number of ether oxygens (including phenoxy) is 1. The van der Waals surface area contributed by atoms with Crippen LogP contribution in [0.5, 0.6) is 5.75 Å². The van der Waals surface area contributed by atoms with Crippen molar-refractivity contribution in [3.05, 3.63) is 58.1 Å². The molecule has 0 fully saturated rings. The smallest absolute Gasteiger partial charge is 0.121 e. The fourth-order valence-electron chi connectivity index (χ4n) is 2.09. The summed E-state index contributed by atoms with van der Waals surface area (Å²) in [7, 11) is 1.68. The Morgan fingerprint density at radius 2 is 1.71 bits per heavy atom. The van der Waals surface area contributed by atoms with Gasteiger partial charge in [-0.15, -0.1) is 0 Å². The number of methoxy groups -OCH3 is 1. The van der Waals surface area contributed by atoms with Gasteiger partial charge in [-0.25, -0.2) is 0 Å². The van der Waals surface area contributed by atoms with E-state index in [-0.39, 0.29) is 5.41 Å². The monoisotopic (exact) mass is 347 g/mol. The standard InChI is InChI=1S/C18H22BrNO/c1-18(2,3)14-7-5-13(6-8-14)12-20-17-11-15(21-4)9-10-16(17)19/h5-11,20H,12H2,1-4H3. The minimum Gasteiger partial charge on any atom is -0.497 e. The van der Waals surface area contributed by atoms with Gasteiger partial charge in [-0.3, -0.25) is 0 Å². The molecule has 2 rings (SSSR count).